The third kappa shape index (κ3) is 4.03. The molecule has 0 spiro atoms. The van der Waals surface area contributed by atoms with Gasteiger partial charge in [-0.2, -0.15) is 5.10 Å². The number of carbonyl (C=O) groups excluding carboxylic acids is 1. The smallest absolute Gasteiger partial charge is 0.235 e. The maximum Gasteiger partial charge on any atom is 0.235 e. The van der Waals surface area contributed by atoms with Gasteiger partial charge in [-0.3, -0.25) is 14.2 Å². The van der Waals surface area contributed by atoms with Gasteiger partial charge in [-0.1, -0.05) is 12.1 Å². The van der Waals surface area contributed by atoms with E-state index < -0.39 is 19.9 Å². The maximum absolute atomic E-state index is 12.5. The Bertz CT molecular complexity index is 1330. The SMILES string of the molecule is CS(=O)(=O)c1ccc(CC(=O)Nc2n[nH]c3ccc(N4CCCS4(=O)=O)cc23)cc1. The molecule has 1 fully saturated rings. The van der Waals surface area contributed by atoms with Gasteiger partial charge in [0, 0.05) is 18.2 Å². The molecule has 3 aromatic rings. The number of rotatable bonds is 5. The van der Waals surface area contributed by atoms with E-state index in [9.17, 15) is 21.6 Å². The largest absolute Gasteiger partial charge is 0.308 e. The van der Waals surface area contributed by atoms with E-state index in [1.54, 1.807) is 30.3 Å². The molecule has 2 aromatic carbocycles. The van der Waals surface area contributed by atoms with Crippen molar-refractivity contribution in [3.05, 3.63) is 48.0 Å². The van der Waals surface area contributed by atoms with E-state index in [4.69, 9.17) is 0 Å². The second-order valence-electron chi connectivity index (χ2n) is 7.18. The van der Waals surface area contributed by atoms with Crippen molar-refractivity contribution >= 4 is 48.2 Å². The van der Waals surface area contributed by atoms with Gasteiger partial charge in [0.15, 0.2) is 15.7 Å². The van der Waals surface area contributed by atoms with Crippen molar-refractivity contribution in [1.82, 2.24) is 10.2 Å². The molecule has 0 bridgehead atoms. The molecular weight excluding hydrogens is 428 g/mol. The van der Waals surface area contributed by atoms with E-state index in [2.05, 4.69) is 15.5 Å². The van der Waals surface area contributed by atoms with Crippen molar-refractivity contribution in [2.24, 2.45) is 0 Å². The summed E-state index contributed by atoms with van der Waals surface area (Å²) < 4.78 is 48.8. The first-order valence-electron chi connectivity index (χ1n) is 9.21. The number of sulfonamides is 1. The first kappa shape index (κ1) is 20.4. The van der Waals surface area contributed by atoms with Crippen LogP contribution in [0.25, 0.3) is 10.9 Å². The van der Waals surface area contributed by atoms with Crippen LogP contribution in [0.5, 0.6) is 0 Å². The van der Waals surface area contributed by atoms with E-state index in [0.29, 0.717) is 40.9 Å². The summed E-state index contributed by atoms with van der Waals surface area (Å²) in [6.07, 6.45) is 1.74. The number of hydrogen-bond acceptors (Lipinski definition) is 6. The zero-order valence-electron chi connectivity index (χ0n) is 16.1. The number of hydrogen-bond donors (Lipinski definition) is 2. The third-order valence-corrected chi connectivity index (χ3v) is 7.91. The number of fused-ring (bicyclic) bond motifs is 1. The predicted octanol–water partition coefficient (Wildman–Crippen LogP) is 1.69. The molecule has 9 nitrogen and oxygen atoms in total. The molecule has 11 heteroatoms. The highest BCUT2D eigenvalue weighted by molar-refractivity contribution is 7.93. The molecular formula is C19H20N4O5S2. The second-order valence-corrected chi connectivity index (χ2v) is 11.2. The van der Waals surface area contributed by atoms with Crippen LogP contribution in [-0.4, -0.2) is 51.5 Å². The Kier molecular flexibility index (Phi) is 5.02. The summed E-state index contributed by atoms with van der Waals surface area (Å²) in [5.74, 6) is 0.105. The van der Waals surface area contributed by atoms with Gasteiger partial charge in [0.2, 0.25) is 15.9 Å². The predicted molar refractivity (Wildman–Crippen MR) is 114 cm³/mol. The first-order valence-corrected chi connectivity index (χ1v) is 12.7. The molecule has 1 saturated heterocycles. The Morgan fingerprint density at radius 3 is 2.57 bits per heavy atom. The van der Waals surface area contributed by atoms with Crippen LogP contribution in [0, 0.1) is 0 Å². The normalized spacial score (nSPS) is 16.1. The molecule has 30 heavy (non-hydrogen) atoms. The van der Waals surface area contributed by atoms with Crippen molar-refractivity contribution in [1.29, 1.82) is 0 Å². The van der Waals surface area contributed by atoms with Gasteiger partial charge in [0.1, 0.15) is 0 Å². The highest BCUT2D eigenvalue weighted by atomic mass is 32.2. The van der Waals surface area contributed by atoms with Crippen LogP contribution >= 0.6 is 0 Å². The monoisotopic (exact) mass is 448 g/mol. The summed E-state index contributed by atoms with van der Waals surface area (Å²) in [6.45, 7) is 0.427. The van der Waals surface area contributed by atoms with E-state index in [1.165, 1.54) is 16.4 Å². The Labute approximate surface area is 174 Å². The minimum absolute atomic E-state index is 0.0403. The summed E-state index contributed by atoms with van der Waals surface area (Å²) in [6, 6.07) is 11.2. The molecule has 0 radical (unpaired) electrons. The van der Waals surface area contributed by atoms with Crippen LogP contribution in [0.4, 0.5) is 11.5 Å². The lowest BCUT2D eigenvalue weighted by atomic mass is 10.1. The van der Waals surface area contributed by atoms with E-state index in [-0.39, 0.29) is 23.0 Å². The molecule has 2 heterocycles. The van der Waals surface area contributed by atoms with Gasteiger partial charge in [0.05, 0.1) is 28.3 Å². The van der Waals surface area contributed by atoms with Gasteiger partial charge >= 0.3 is 0 Å². The molecule has 0 unspecified atom stereocenters. The summed E-state index contributed by atoms with van der Waals surface area (Å²) >= 11 is 0. The van der Waals surface area contributed by atoms with Crippen molar-refractivity contribution in [3.63, 3.8) is 0 Å². The summed E-state index contributed by atoms with van der Waals surface area (Å²) in [7, 11) is -6.60. The number of aromatic amines is 1. The second kappa shape index (κ2) is 7.40. The number of nitrogens with one attached hydrogen (secondary N) is 2. The molecule has 2 N–H and O–H groups in total. The fourth-order valence-electron chi connectivity index (χ4n) is 3.40. The lowest BCUT2D eigenvalue weighted by Gasteiger charge is -2.16. The average molecular weight is 449 g/mol. The van der Waals surface area contributed by atoms with Gasteiger partial charge in [-0.05, 0) is 42.3 Å². The first-order chi connectivity index (χ1) is 14.1. The number of carbonyl (C=O) groups is 1. The number of nitrogens with zero attached hydrogens (tertiary/aromatic N) is 2. The molecule has 0 atom stereocenters. The van der Waals surface area contributed by atoms with Crippen LogP contribution in [0.2, 0.25) is 0 Å². The molecule has 1 amide bonds. The van der Waals surface area contributed by atoms with Crippen LogP contribution in [0.3, 0.4) is 0 Å². The number of benzene rings is 2. The van der Waals surface area contributed by atoms with E-state index in [0.717, 1.165) is 6.26 Å². The number of sulfone groups is 1. The molecule has 1 aromatic heterocycles. The lowest BCUT2D eigenvalue weighted by molar-refractivity contribution is -0.115. The highest BCUT2D eigenvalue weighted by Gasteiger charge is 2.28. The number of anilines is 2. The summed E-state index contributed by atoms with van der Waals surface area (Å²) in [5.41, 5.74) is 1.86. The highest BCUT2D eigenvalue weighted by Crippen LogP contribution is 2.30. The van der Waals surface area contributed by atoms with Crippen molar-refractivity contribution in [2.75, 3.05) is 28.2 Å². The Balaban J connectivity index is 1.53. The standard InChI is InChI=1S/C19H20N4O5S2/c1-29(25,26)15-6-3-13(4-7-15)11-18(24)20-19-16-12-14(5-8-17(16)21-22-19)23-9-2-10-30(23,27)28/h3-8,12H,2,9-11H2,1H3,(H2,20,21,22,24). The van der Waals surface area contributed by atoms with Crippen molar-refractivity contribution in [2.45, 2.75) is 17.7 Å². The zero-order valence-corrected chi connectivity index (χ0v) is 17.8. The fraction of sp³-hybridized carbons (Fsp3) is 0.263. The van der Waals surface area contributed by atoms with E-state index >= 15 is 0 Å². The van der Waals surface area contributed by atoms with Gasteiger partial charge in [-0.25, -0.2) is 16.8 Å². The quantitative estimate of drug-likeness (QED) is 0.611. The molecule has 0 saturated carbocycles. The Morgan fingerprint density at radius 1 is 1.20 bits per heavy atom. The molecule has 0 aliphatic carbocycles. The zero-order chi connectivity index (χ0) is 21.5. The lowest BCUT2D eigenvalue weighted by Crippen LogP contribution is -2.24. The Hall–Kier alpha value is -2.92. The minimum Gasteiger partial charge on any atom is -0.308 e. The third-order valence-electron chi connectivity index (χ3n) is 4.91. The van der Waals surface area contributed by atoms with Gasteiger partial charge in [-0.15, -0.1) is 0 Å². The summed E-state index contributed by atoms with van der Waals surface area (Å²) in [4.78, 5) is 12.6. The Morgan fingerprint density at radius 2 is 1.93 bits per heavy atom. The van der Waals surface area contributed by atoms with E-state index in [1.807, 2.05) is 0 Å². The van der Waals surface area contributed by atoms with Gasteiger partial charge in [0.25, 0.3) is 0 Å². The molecule has 158 valence electrons. The summed E-state index contributed by atoms with van der Waals surface area (Å²) in [5, 5.41) is 10.3. The van der Waals surface area contributed by atoms with Crippen LogP contribution in [-0.2, 0) is 31.1 Å². The van der Waals surface area contributed by atoms with Crippen LogP contribution in [0.15, 0.2) is 47.4 Å². The number of aromatic nitrogens is 2. The molecule has 1 aliphatic rings. The minimum atomic E-state index is -3.31. The van der Waals surface area contributed by atoms with Crippen LogP contribution in [0.1, 0.15) is 12.0 Å². The average Bonchev–Trinajstić information content (AvgIpc) is 3.23. The van der Waals surface area contributed by atoms with Crippen LogP contribution < -0.4 is 9.62 Å². The molecule has 1 aliphatic heterocycles. The fourth-order valence-corrected chi connectivity index (χ4v) is 5.58. The van der Waals surface area contributed by atoms with Gasteiger partial charge < -0.3 is 5.32 Å². The van der Waals surface area contributed by atoms with Crippen molar-refractivity contribution in [3.8, 4) is 0 Å². The maximum atomic E-state index is 12.5. The topological polar surface area (TPSA) is 129 Å². The number of H-pyrrole nitrogens is 1. The molecule has 4 rings (SSSR count). The number of amides is 1. The van der Waals surface area contributed by atoms with Crippen molar-refractivity contribution < 1.29 is 21.6 Å².